The number of nitrogens with zero attached hydrogens (tertiary/aromatic N) is 3. The summed E-state index contributed by atoms with van der Waals surface area (Å²) in [6.45, 7) is 5.72. The lowest BCUT2D eigenvalue weighted by Crippen LogP contribution is -2.48. The third-order valence-electron chi connectivity index (χ3n) is 5.92. The minimum Gasteiger partial charge on any atom is -0.378 e. The lowest BCUT2D eigenvalue weighted by atomic mass is 10.0. The van der Waals surface area contributed by atoms with Crippen LogP contribution in [0.1, 0.15) is 43.5 Å². The van der Waals surface area contributed by atoms with Crippen molar-refractivity contribution in [2.24, 2.45) is 5.92 Å². The molecule has 2 aliphatic rings. The molecule has 1 N–H and O–H groups in total. The number of anilines is 1. The van der Waals surface area contributed by atoms with Crippen molar-refractivity contribution in [2.45, 2.75) is 45.2 Å². The third-order valence-corrected chi connectivity index (χ3v) is 5.92. The van der Waals surface area contributed by atoms with Gasteiger partial charge >= 0.3 is 0 Å². The third kappa shape index (κ3) is 4.89. The molecule has 29 heavy (non-hydrogen) atoms. The molecule has 3 rings (SSSR count). The fraction of sp³-hybridized carbons (Fsp3) is 0.591. The second-order valence-corrected chi connectivity index (χ2v) is 8.56. The van der Waals surface area contributed by atoms with Gasteiger partial charge in [0.25, 0.3) is 5.91 Å². The summed E-state index contributed by atoms with van der Waals surface area (Å²) in [4.78, 5) is 43.0. The molecule has 0 spiro atoms. The molecule has 2 fully saturated rings. The average Bonchev–Trinajstić information content (AvgIpc) is 3.10. The first-order valence-corrected chi connectivity index (χ1v) is 10.4. The van der Waals surface area contributed by atoms with Crippen LogP contribution >= 0.6 is 0 Å². The van der Waals surface area contributed by atoms with Crippen molar-refractivity contribution in [2.75, 3.05) is 38.6 Å². The molecule has 0 saturated carbocycles. The zero-order valence-electron chi connectivity index (χ0n) is 17.9. The second-order valence-electron chi connectivity index (χ2n) is 8.56. The number of carbonyl (C=O) groups excluding carboxylic acids is 3. The van der Waals surface area contributed by atoms with Gasteiger partial charge in [0, 0.05) is 63.5 Å². The highest BCUT2D eigenvalue weighted by Crippen LogP contribution is 2.24. The molecule has 1 unspecified atom stereocenters. The van der Waals surface area contributed by atoms with Crippen molar-refractivity contribution >= 4 is 23.4 Å². The first kappa shape index (κ1) is 21.1. The number of hydrogen-bond acceptors (Lipinski definition) is 4. The monoisotopic (exact) mass is 400 g/mol. The number of benzene rings is 1. The van der Waals surface area contributed by atoms with Crippen molar-refractivity contribution in [3.05, 3.63) is 29.8 Å². The molecule has 0 radical (unpaired) electrons. The van der Waals surface area contributed by atoms with Gasteiger partial charge in [-0.1, -0.05) is 0 Å². The zero-order chi connectivity index (χ0) is 21.1. The van der Waals surface area contributed by atoms with Gasteiger partial charge < -0.3 is 20.0 Å². The molecule has 0 aliphatic carbocycles. The van der Waals surface area contributed by atoms with Crippen LogP contribution in [0.3, 0.4) is 0 Å². The smallest absolute Gasteiger partial charge is 0.251 e. The fourth-order valence-electron chi connectivity index (χ4n) is 4.08. The van der Waals surface area contributed by atoms with Gasteiger partial charge in [0.2, 0.25) is 11.8 Å². The maximum Gasteiger partial charge on any atom is 0.251 e. The normalized spacial score (nSPS) is 20.3. The molecular weight excluding hydrogens is 368 g/mol. The Bertz CT molecular complexity index is 752. The van der Waals surface area contributed by atoms with Gasteiger partial charge in [-0.05, 0) is 51.0 Å². The predicted octanol–water partition coefficient (Wildman–Crippen LogP) is 1.73. The first-order chi connectivity index (χ1) is 13.8. The summed E-state index contributed by atoms with van der Waals surface area (Å²) in [5, 5.41) is 3.09. The SMILES string of the molecule is CC(C)N1CC(C(=O)N2CCC(NC(=O)c3ccc(N(C)C)cc3)CC2)CC1=O. The van der Waals surface area contributed by atoms with Gasteiger partial charge in [-0.25, -0.2) is 0 Å². The zero-order valence-corrected chi connectivity index (χ0v) is 17.9. The van der Waals surface area contributed by atoms with Crippen molar-refractivity contribution < 1.29 is 14.4 Å². The number of piperidine rings is 1. The van der Waals surface area contributed by atoms with Gasteiger partial charge in [0.1, 0.15) is 0 Å². The number of likely N-dealkylation sites (tertiary alicyclic amines) is 2. The van der Waals surface area contributed by atoms with E-state index < -0.39 is 0 Å². The Labute approximate surface area is 173 Å². The van der Waals surface area contributed by atoms with E-state index in [0.29, 0.717) is 31.6 Å². The molecule has 1 aromatic rings. The molecule has 3 amide bonds. The van der Waals surface area contributed by atoms with Crippen LogP contribution in [-0.2, 0) is 9.59 Å². The van der Waals surface area contributed by atoms with Crippen LogP contribution in [0.5, 0.6) is 0 Å². The van der Waals surface area contributed by atoms with Gasteiger partial charge in [-0.2, -0.15) is 0 Å². The van der Waals surface area contributed by atoms with E-state index in [2.05, 4.69) is 5.32 Å². The number of hydrogen-bond donors (Lipinski definition) is 1. The summed E-state index contributed by atoms with van der Waals surface area (Å²) in [5.74, 6) is -0.161. The van der Waals surface area contributed by atoms with Crippen LogP contribution in [0.2, 0.25) is 0 Å². The van der Waals surface area contributed by atoms with Gasteiger partial charge in [-0.3, -0.25) is 14.4 Å². The standard InChI is InChI=1S/C22H32N4O3/c1-15(2)26-14-17(13-20(26)27)22(29)25-11-9-18(10-12-25)23-21(28)16-5-7-19(8-6-16)24(3)4/h5-8,15,17-18H,9-14H2,1-4H3,(H,23,28). The topological polar surface area (TPSA) is 73.0 Å². The lowest BCUT2D eigenvalue weighted by molar-refractivity contribution is -0.136. The number of nitrogens with one attached hydrogen (secondary N) is 1. The minimum atomic E-state index is -0.230. The Kier molecular flexibility index (Phi) is 6.45. The number of amides is 3. The highest BCUT2D eigenvalue weighted by molar-refractivity contribution is 5.94. The quantitative estimate of drug-likeness (QED) is 0.817. The van der Waals surface area contributed by atoms with Crippen molar-refractivity contribution in [1.82, 2.24) is 15.1 Å². The van der Waals surface area contributed by atoms with E-state index in [1.54, 1.807) is 4.90 Å². The highest BCUT2D eigenvalue weighted by atomic mass is 16.2. The summed E-state index contributed by atoms with van der Waals surface area (Å²) < 4.78 is 0. The van der Waals surface area contributed by atoms with Crippen molar-refractivity contribution in [1.29, 1.82) is 0 Å². The Hall–Kier alpha value is -2.57. The Morgan fingerprint density at radius 3 is 2.24 bits per heavy atom. The Morgan fingerprint density at radius 2 is 1.72 bits per heavy atom. The molecule has 7 heteroatoms. The number of carbonyl (C=O) groups is 3. The highest BCUT2D eigenvalue weighted by Gasteiger charge is 2.38. The summed E-state index contributed by atoms with van der Waals surface area (Å²) in [5.41, 5.74) is 1.70. The largest absolute Gasteiger partial charge is 0.378 e. The Morgan fingerprint density at radius 1 is 1.10 bits per heavy atom. The Balaban J connectivity index is 1.48. The summed E-state index contributed by atoms with van der Waals surface area (Å²) in [6.07, 6.45) is 1.79. The van der Waals surface area contributed by atoms with E-state index in [1.807, 2.05) is 62.0 Å². The second kappa shape index (κ2) is 8.84. The van der Waals surface area contributed by atoms with E-state index in [1.165, 1.54) is 0 Å². The van der Waals surface area contributed by atoms with Crippen LogP contribution in [0.25, 0.3) is 0 Å². The van der Waals surface area contributed by atoms with Crippen LogP contribution in [-0.4, -0.2) is 73.3 Å². The van der Waals surface area contributed by atoms with E-state index in [4.69, 9.17) is 0 Å². The molecule has 2 heterocycles. The van der Waals surface area contributed by atoms with Gasteiger partial charge in [-0.15, -0.1) is 0 Å². The molecule has 2 saturated heterocycles. The van der Waals surface area contributed by atoms with Crippen LogP contribution in [0.15, 0.2) is 24.3 Å². The molecule has 0 aromatic heterocycles. The summed E-state index contributed by atoms with van der Waals surface area (Å²) in [6, 6.07) is 7.73. The molecule has 7 nitrogen and oxygen atoms in total. The molecular formula is C22H32N4O3. The number of rotatable bonds is 5. The van der Waals surface area contributed by atoms with E-state index in [0.717, 1.165) is 18.5 Å². The summed E-state index contributed by atoms with van der Waals surface area (Å²) >= 11 is 0. The van der Waals surface area contributed by atoms with Crippen LogP contribution in [0, 0.1) is 5.92 Å². The summed E-state index contributed by atoms with van der Waals surface area (Å²) in [7, 11) is 3.93. The molecule has 158 valence electrons. The van der Waals surface area contributed by atoms with Crippen LogP contribution in [0.4, 0.5) is 5.69 Å². The minimum absolute atomic E-state index is 0.0671. The molecule has 1 atom stereocenters. The van der Waals surface area contributed by atoms with Gasteiger partial charge in [0.05, 0.1) is 5.92 Å². The molecule has 0 bridgehead atoms. The van der Waals surface area contributed by atoms with E-state index >= 15 is 0 Å². The predicted molar refractivity (Wildman–Crippen MR) is 113 cm³/mol. The molecule has 1 aromatic carbocycles. The van der Waals surface area contributed by atoms with Crippen molar-refractivity contribution in [3.63, 3.8) is 0 Å². The maximum absolute atomic E-state index is 12.8. The molecule has 2 aliphatic heterocycles. The van der Waals surface area contributed by atoms with E-state index in [-0.39, 0.29) is 35.7 Å². The van der Waals surface area contributed by atoms with Crippen LogP contribution < -0.4 is 10.2 Å². The maximum atomic E-state index is 12.8. The van der Waals surface area contributed by atoms with Crippen molar-refractivity contribution in [3.8, 4) is 0 Å². The average molecular weight is 401 g/mol. The fourth-order valence-corrected chi connectivity index (χ4v) is 4.08. The van der Waals surface area contributed by atoms with Gasteiger partial charge in [0.15, 0.2) is 0 Å². The lowest BCUT2D eigenvalue weighted by Gasteiger charge is -2.34. The first-order valence-electron chi connectivity index (χ1n) is 10.4. The van der Waals surface area contributed by atoms with E-state index in [9.17, 15) is 14.4 Å².